The second-order valence-corrected chi connectivity index (χ2v) is 6.50. The second-order valence-electron chi connectivity index (χ2n) is 6.50. The molecular formula is C19H24N2O2. The van der Waals surface area contributed by atoms with Gasteiger partial charge >= 0.3 is 0 Å². The Morgan fingerprint density at radius 3 is 2.65 bits per heavy atom. The molecule has 1 aromatic carbocycles. The van der Waals surface area contributed by atoms with Crippen molar-refractivity contribution < 1.29 is 9.21 Å². The van der Waals surface area contributed by atoms with Crippen molar-refractivity contribution >= 4 is 5.91 Å². The smallest absolute Gasteiger partial charge is 0.257 e. The molecule has 1 aliphatic heterocycles. The van der Waals surface area contributed by atoms with Gasteiger partial charge in [0.15, 0.2) is 0 Å². The van der Waals surface area contributed by atoms with Crippen molar-refractivity contribution in [3.05, 3.63) is 59.5 Å². The Morgan fingerprint density at radius 2 is 2.00 bits per heavy atom. The van der Waals surface area contributed by atoms with Gasteiger partial charge in [-0.15, -0.1) is 0 Å². The molecule has 2 aromatic rings. The number of hydrogen-bond acceptors (Lipinski definition) is 3. The van der Waals surface area contributed by atoms with Crippen LogP contribution in [0.25, 0.3) is 0 Å². The summed E-state index contributed by atoms with van der Waals surface area (Å²) in [5, 5.41) is 0. The maximum Gasteiger partial charge on any atom is 0.257 e. The molecule has 1 saturated heterocycles. The standard InChI is InChI=1S/C19H24N2O2/c1-20(2)13-15-6-8-16(9-7-15)18-5-3-4-11-21(18)19(22)17-10-12-23-14-17/h6-10,12,14,18H,3-5,11,13H2,1-2H3/t18-/m0/s1. The van der Waals surface area contributed by atoms with Gasteiger partial charge in [-0.3, -0.25) is 4.79 Å². The zero-order chi connectivity index (χ0) is 16.2. The maximum absolute atomic E-state index is 12.7. The highest BCUT2D eigenvalue weighted by Gasteiger charge is 2.29. The number of hydrogen-bond donors (Lipinski definition) is 0. The number of carbonyl (C=O) groups is 1. The summed E-state index contributed by atoms with van der Waals surface area (Å²) >= 11 is 0. The summed E-state index contributed by atoms with van der Waals surface area (Å²) in [6.07, 6.45) is 6.35. The van der Waals surface area contributed by atoms with Crippen LogP contribution < -0.4 is 0 Å². The van der Waals surface area contributed by atoms with Crippen molar-refractivity contribution in [1.82, 2.24) is 9.80 Å². The van der Waals surface area contributed by atoms with E-state index in [2.05, 4.69) is 43.3 Å². The van der Waals surface area contributed by atoms with Crippen molar-refractivity contribution in [2.75, 3.05) is 20.6 Å². The predicted octanol–water partition coefficient (Wildman–Crippen LogP) is 3.71. The molecular weight excluding hydrogens is 288 g/mol. The fraction of sp³-hybridized carbons (Fsp3) is 0.421. The Hall–Kier alpha value is -2.07. The number of amides is 1. The summed E-state index contributed by atoms with van der Waals surface area (Å²) in [4.78, 5) is 16.9. The highest BCUT2D eigenvalue weighted by molar-refractivity contribution is 5.94. The van der Waals surface area contributed by atoms with Crippen LogP contribution in [0.1, 0.15) is 46.8 Å². The minimum absolute atomic E-state index is 0.0702. The first-order valence-corrected chi connectivity index (χ1v) is 8.22. The van der Waals surface area contributed by atoms with Crippen LogP contribution in [-0.4, -0.2) is 36.3 Å². The first-order chi connectivity index (χ1) is 11.1. The van der Waals surface area contributed by atoms with Gasteiger partial charge < -0.3 is 14.2 Å². The minimum Gasteiger partial charge on any atom is -0.472 e. The SMILES string of the molecule is CN(C)Cc1ccc([C@@H]2CCCCN2C(=O)c2ccoc2)cc1. The lowest BCUT2D eigenvalue weighted by Crippen LogP contribution is -2.38. The zero-order valence-corrected chi connectivity index (χ0v) is 13.9. The van der Waals surface area contributed by atoms with Crippen LogP contribution in [0.2, 0.25) is 0 Å². The molecule has 1 fully saturated rings. The Bertz CT molecular complexity index is 632. The van der Waals surface area contributed by atoms with E-state index in [1.807, 2.05) is 4.90 Å². The van der Waals surface area contributed by atoms with E-state index < -0.39 is 0 Å². The van der Waals surface area contributed by atoms with Crippen LogP contribution in [-0.2, 0) is 6.54 Å². The topological polar surface area (TPSA) is 36.7 Å². The van der Waals surface area contributed by atoms with E-state index >= 15 is 0 Å². The van der Waals surface area contributed by atoms with Crippen LogP contribution in [0, 0.1) is 0 Å². The molecule has 0 unspecified atom stereocenters. The molecule has 1 amide bonds. The van der Waals surface area contributed by atoms with Gasteiger partial charge in [0.2, 0.25) is 0 Å². The lowest BCUT2D eigenvalue weighted by atomic mass is 9.94. The Balaban J connectivity index is 1.79. The van der Waals surface area contributed by atoms with Crippen molar-refractivity contribution in [2.24, 2.45) is 0 Å². The first kappa shape index (κ1) is 15.8. The van der Waals surface area contributed by atoms with Crippen molar-refractivity contribution in [3.63, 3.8) is 0 Å². The normalized spacial score (nSPS) is 18.4. The van der Waals surface area contributed by atoms with Crippen LogP contribution in [0.15, 0.2) is 47.3 Å². The van der Waals surface area contributed by atoms with Crippen molar-refractivity contribution in [1.29, 1.82) is 0 Å². The molecule has 4 nitrogen and oxygen atoms in total. The van der Waals surface area contributed by atoms with Crippen LogP contribution in [0.3, 0.4) is 0 Å². The molecule has 0 saturated carbocycles. The average molecular weight is 312 g/mol. The van der Waals surface area contributed by atoms with Crippen molar-refractivity contribution in [2.45, 2.75) is 31.8 Å². The van der Waals surface area contributed by atoms with Gasteiger partial charge in [-0.25, -0.2) is 0 Å². The minimum atomic E-state index is 0.0702. The van der Waals surface area contributed by atoms with E-state index in [-0.39, 0.29) is 11.9 Å². The van der Waals surface area contributed by atoms with Gasteiger partial charge in [0, 0.05) is 13.1 Å². The van der Waals surface area contributed by atoms with Gasteiger partial charge in [-0.1, -0.05) is 24.3 Å². The molecule has 2 heterocycles. The summed E-state index contributed by atoms with van der Waals surface area (Å²) in [7, 11) is 4.14. The Morgan fingerprint density at radius 1 is 1.22 bits per heavy atom. The second kappa shape index (κ2) is 7.01. The summed E-state index contributed by atoms with van der Waals surface area (Å²) in [5.41, 5.74) is 3.16. The quantitative estimate of drug-likeness (QED) is 0.863. The Kier molecular flexibility index (Phi) is 4.82. The van der Waals surface area contributed by atoms with E-state index in [0.29, 0.717) is 5.56 Å². The summed E-state index contributed by atoms with van der Waals surface area (Å²) in [5.74, 6) is 0.0702. The number of piperidine rings is 1. The van der Waals surface area contributed by atoms with Gasteiger partial charge in [0.05, 0.1) is 17.9 Å². The monoisotopic (exact) mass is 312 g/mol. The van der Waals surface area contributed by atoms with E-state index in [1.165, 1.54) is 23.8 Å². The van der Waals surface area contributed by atoms with Crippen LogP contribution in [0.4, 0.5) is 0 Å². The average Bonchev–Trinajstić information content (AvgIpc) is 3.09. The van der Waals surface area contributed by atoms with E-state index in [9.17, 15) is 4.79 Å². The molecule has 23 heavy (non-hydrogen) atoms. The molecule has 0 N–H and O–H groups in total. The zero-order valence-electron chi connectivity index (χ0n) is 13.9. The molecule has 122 valence electrons. The molecule has 1 aliphatic rings. The lowest BCUT2D eigenvalue weighted by Gasteiger charge is -2.36. The van der Waals surface area contributed by atoms with Gasteiger partial charge in [-0.05, 0) is 50.6 Å². The molecule has 3 rings (SSSR count). The van der Waals surface area contributed by atoms with Crippen LogP contribution >= 0.6 is 0 Å². The number of carbonyl (C=O) groups excluding carboxylic acids is 1. The summed E-state index contributed by atoms with van der Waals surface area (Å²) in [6.45, 7) is 1.75. The van der Waals surface area contributed by atoms with Gasteiger partial charge in [0.1, 0.15) is 6.26 Å². The van der Waals surface area contributed by atoms with Gasteiger partial charge in [0.25, 0.3) is 5.91 Å². The summed E-state index contributed by atoms with van der Waals surface area (Å²) in [6, 6.07) is 10.6. The molecule has 0 bridgehead atoms. The third-order valence-corrected chi connectivity index (χ3v) is 4.40. The third-order valence-electron chi connectivity index (χ3n) is 4.40. The van der Waals surface area contributed by atoms with Crippen LogP contribution in [0.5, 0.6) is 0 Å². The molecule has 0 spiro atoms. The van der Waals surface area contributed by atoms with E-state index in [4.69, 9.17) is 4.42 Å². The number of nitrogens with zero attached hydrogens (tertiary/aromatic N) is 2. The fourth-order valence-electron chi connectivity index (χ4n) is 3.28. The number of rotatable bonds is 4. The highest BCUT2D eigenvalue weighted by atomic mass is 16.3. The van der Waals surface area contributed by atoms with E-state index in [1.54, 1.807) is 12.3 Å². The molecule has 1 aromatic heterocycles. The molecule has 1 atom stereocenters. The highest BCUT2D eigenvalue weighted by Crippen LogP contribution is 2.32. The fourth-order valence-corrected chi connectivity index (χ4v) is 3.28. The Labute approximate surface area is 137 Å². The molecule has 0 aliphatic carbocycles. The number of likely N-dealkylation sites (tertiary alicyclic amines) is 1. The third kappa shape index (κ3) is 3.64. The predicted molar refractivity (Wildman–Crippen MR) is 90.2 cm³/mol. The van der Waals surface area contributed by atoms with Gasteiger partial charge in [-0.2, -0.15) is 0 Å². The van der Waals surface area contributed by atoms with Crippen molar-refractivity contribution in [3.8, 4) is 0 Å². The van der Waals surface area contributed by atoms with E-state index in [0.717, 1.165) is 25.9 Å². The largest absolute Gasteiger partial charge is 0.472 e. The number of benzene rings is 1. The molecule has 0 radical (unpaired) electrons. The maximum atomic E-state index is 12.7. The summed E-state index contributed by atoms with van der Waals surface area (Å²) < 4.78 is 5.07. The molecule has 4 heteroatoms. The lowest BCUT2D eigenvalue weighted by molar-refractivity contribution is 0.0611. The first-order valence-electron chi connectivity index (χ1n) is 8.22. The number of furan rings is 1.